The first kappa shape index (κ1) is 17.5. The molecule has 1 heterocycles. The number of amides is 1. The second kappa shape index (κ2) is 6.99. The number of aryl methyl sites for hydroxylation is 1. The average Bonchev–Trinajstić information content (AvgIpc) is 3.25. The van der Waals surface area contributed by atoms with Gasteiger partial charge in [0.15, 0.2) is 5.69 Å². The smallest absolute Gasteiger partial charge is 0.272 e. The Labute approximate surface area is 158 Å². The molecular weight excluding hydrogens is 341 g/mol. The van der Waals surface area contributed by atoms with Crippen LogP contribution in [0.2, 0.25) is 0 Å². The summed E-state index contributed by atoms with van der Waals surface area (Å²) in [6.07, 6.45) is 2.72. The summed E-state index contributed by atoms with van der Waals surface area (Å²) in [6.45, 7) is 4.02. The molecule has 3 aromatic rings. The van der Waals surface area contributed by atoms with Gasteiger partial charge in [0.25, 0.3) is 5.91 Å². The molecule has 1 amide bonds. The van der Waals surface area contributed by atoms with Gasteiger partial charge < -0.3 is 5.32 Å². The quantitative estimate of drug-likeness (QED) is 0.751. The minimum Gasteiger partial charge on any atom is -0.344 e. The standard InChI is InChI=1S/C22H22FN3O/c1-14-6-3-4-7-18(14)15(2)24-22(27)21-19-8-5-9-20(19)26(25-21)17-12-10-16(23)11-13-17/h3-4,6-7,10-13,15H,5,8-9H2,1-2H3,(H,24,27)/t15-/m0/s1. The minimum atomic E-state index is -0.285. The van der Waals surface area contributed by atoms with Crippen molar-refractivity contribution in [3.8, 4) is 5.69 Å². The fourth-order valence-electron chi connectivity index (χ4n) is 3.83. The van der Waals surface area contributed by atoms with Gasteiger partial charge in [-0.3, -0.25) is 4.79 Å². The van der Waals surface area contributed by atoms with Gasteiger partial charge in [-0.1, -0.05) is 24.3 Å². The summed E-state index contributed by atoms with van der Waals surface area (Å²) in [5.74, 6) is -0.447. The Bertz CT molecular complexity index is 991. The van der Waals surface area contributed by atoms with E-state index in [0.717, 1.165) is 47.3 Å². The Hall–Kier alpha value is -2.95. The Morgan fingerprint density at radius 2 is 1.89 bits per heavy atom. The van der Waals surface area contributed by atoms with Gasteiger partial charge in [-0.15, -0.1) is 0 Å². The van der Waals surface area contributed by atoms with E-state index in [1.54, 1.807) is 16.8 Å². The fourth-order valence-corrected chi connectivity index (χ4v) is 3.83. The van der Waals surface area contributed by atoms with Crippen LogP contribution in [0.4, 0.5) is 4.39 Å². The second-order valence-corrected chi connectivity index (χ2v) is 7.07. The zero-order valence-electron chi connectivity index (χ0n) is 15.5. The Kier molecular flexibility index (Phi) is 4.52. The van der Waals surface area contributed by atoms with Crippen molar-refractivity contribution in [3.05, 3.63) is 82.4 Å². The summed E-state index contributed by atoms with van der Waals surface area (Å²) in [6, 6.07) is 14.2. The van der Waals surface area contributed by atoms with Crippen LogP contribution in [0.1, 0.15) is 52.3 Å². The van der Waals surface area contributed by atoms with E-state index in [1.807, 2.05) is 38.1 Å². The number of aromatic nitrogens is 2. The number of hydrogen-bond donors (Lipinski definition) is 1. The van der Waals surface area contributed by atoms with Crippen LogP contribution in [0.3, 0.4) is 0 Å². The molecule has 0 spiro atoms. The monoisotopic (exact) mass is 363 g/mol. The highest BCUT2D eigenvalue weighted by Gasteiger charge is 2.27. The van der Waals surface area contributed by atoms with E-state index in [-0.39, 0.29) is 17.8 Å². The third-order valence-electron chi connectivity index (χ3n) is 5.22. The predicted molar refractivity (Wildman–Crippen MR) is 103 cm³/mol. The van der Waals surface area contributed by atoms with Gasteiger partial charge in [0.2, 0.25) is 0 Å². The lowest BCUT2D eigenvalue weighted by molar-refractivity contribution is 0.0933. The lowest BCUT2D eigenvalue weighted by atomic mass is 10.0. The van der Waals surface area contributed by atoms with Crippen molar-refractivity contribution in [1.29, 1.82) is 0 Å². The Balaban J connectivity index is 1.64. The van der Waals surface area contributed by atoms with Crippen LogP contribution in [0.25, 0.3) is 5.69 Å². The SMILES string of the molecule is Cc1ccccc1[C@H](C)NC(=O)c1nn(-c2ccc(F)cc2)c2c1CCC2. The summed E-state index contributed by atoms with van der Waals surface area (Å²) in [5, 5.41) is 7.67. The third-order valence-corrected chi connectivity index (χ3v) is 5.22. The van der Waals surface area contributed by atoms with Gasteiger partial charge in [0, 0.05) is 11.3 Å². The number of carbonyl (C=O) groups is 1. The minimum absolute atomic E-state index is 0.105. The highest BCUT2D eigenvalue weighted by Crippen LogP contribution is 2.28. The highest BCUT2D eigenvalue weighted by molar-refractivity contribution is 5.94. The number of halogens is 1. The first-order valence-corrected chi connectivity index (χ1v) is 9.27. The Morgan fingerprint density at radius 3 is 2.63 bits per heavy atom. The number of carbonyl (C=O) groups excluding carboxylic acids is 1. The van der Waals surface area contributed by atoms with Crippen molar-refractivity contribution in [2.24, 2.45) is 0 Å². The van der Waals surface area contributed by atoms with Crippen LogP contribution in [-0.2, 0) is 12.8 Å². The molecule has 1 aliphatic carbocycles. The summed E-state index contributed by atoms with van der Waals surface area (Å²) in [4.78, 5) is 13.0. The van der Waals surface area contributed by atoms with E-state index in [0.29, 0.717) is 5.69 Å². The molecule has 0 saturated carbocycles. The molecule has 0 aliphatic heterocycles. The number of benzene rings is 2. The maximum absolute atomic E-state index is 13.3. The number of fused-ring (bicyclic) bond motifs is 1. The molecule has 0 fully saturated rings. The van der Waals surface area contributed by atoms with Crippen molar-refractivity contribution in [1.82, 2.24) is 15.1 Å². The summed E-state index contributed by atoms with van der Waals surface area (Å²) in [7, 11) is 0. The molecule has 1 aromatic heterocycles. The van der Waals surface area contributed by atoms with Gasteiger partial charge in [-0.2, -0.15) is 5.10 Å². The fraction of sp³-hybridized carbons (Fsp3) is 0.273. The zero-order valence-corrected chi connectivity index (χ0v) is 15.5. The topological polar surface area (TPSA) is 46.9 Å². The van der Waals surface area contributed by atoms with Crippen molar-refractivity contribution >= 4 is 5.91 Å². The molecule has 1 atom stereocenters. The van der Waals surface area contributed by atoms with Crippen LogP contribution in [0, 0.1) is 12.7 Å². The van der Waals surface area contributed by atoms with Crippen LogP contribution >= 0.6 is 0 Å². The number of hydrogen-bond acceptors (Lipinski definition) is 2. The van der Waals surface area contributed by atoms with Crippen LogP contribution in [0.15, 0.2) is 48.5 Å². The molecule has 0 bridgehead atoms. The molecule has 1 aliphatic rings. The van der Waals surface area contributed by atoms with Gasteiger partial charge in [-0.25, -0.2) is 9.07 Å². The van der Waals surface area contributed by atoms with Crippen LogP contribution in [0.5, 0.6) is 0 Å². The summed E-state index contributed by atoms with van der Waals surface area (Å²) in [5.41, 5.74) is 5.56. The molecule has 1 N–H and O–H groups in total. The van der Waals surface area contributed by atoms with Crippen LogP contribution < -0.4 is 5.32 Å². The van der Waals surface area contributed by atoms with Crippen molar-refractivity contribution in [2.45, 2.75) is 39.2 Å². The Morgan fingerprint density at radius 1 is 1.15 bits per heavy atom. The number of rotatable bonds is 4. The van der Waals surface area contributed by atoms with Crippen LogP contribution in [-0.4, -0.2) is 15.7 Å². The second-order valence-electron chi connectivity index (χ2n) is 7.07. The maximum Gasteiger partial charge on any atom is 0.272 e. The predicted octanol–water partition coefficient (Wildman–Crippen LogP) is 4.30. The van der Waals surface area contributed by atoms with Gasteiger partial charge in [0.05, 0.1) is 11.7 Å². The lowest BCUT2D eigenvalue weighted by Crippen LogP contribution is -2.28. The number of nitrogens with zero attached hydrogens (tertiary/aromatic N) is 2. The zero-order chi connectivity index (χ0) is 19.0. The molecule has 5 heteroatoms. The van der Waals surface area contributed by atoms with Crippen molar-refractivity contribution in [3.63, 3.8) is 0 Å². The summed E-state index contributed by atoms with van der Waals surface area (Å²) >= 11 is 0. The molecule has 2 aromatic carbocycles. The lowest BCUT2D eigenvalue weighted by Gasteiger charge is -2.16. The third kappa shape index (κ3) is 3.25. The molecule has 27 heavy (non-hydrogen) atoms. The highest BCUT2D eigenvalue weighted by atomic mass is 19.1. The normalized spacial score (nSPS) is 14.0. The molecular formula is C22H22FN3O. The maximum atomic E-state index is 13.3. The van der Waals surface area contributed by atoms with E-state index in [2.05, 4.69) is 10.4 Å². The first-order chi connectivity index (χ1) is 13.0. The average molecular weight is 363 g/mol. The van der Waals surface area contributed by atoms with E-state index in [9.17, 15) is 9.18 Å². The largest absolute Gasteiger partial charge is 0.344 e. The van der Waals surface area contributed by atoms with Gasteiger partial charge in [0.1, 0.15) is 5.82 Å². The van der Waals surface area contributed by atoms with Crippen molar-refractivity contribution in [2.75, 3.05) is 0 Å². The van der Waals surface area contributed by atoms with Gasteiger partial charge >= 0.3 is 0 Å². The molecule has 138 valence electrons. The number of nitrogens with one attached hydrogen (secondary N) is 1. The van der Waals surface area contributed by atoms with E-state index in [1.165, 1.54) is 12.1 Å². The van der Waals surface area contributed by atoms with E-state index in [4.69, 9.17) is 0 Å². The summed E-state index contributed by atoms with van der Waals surface area (Å²) < 4.78 is 15.0. The van der Waals surface area contributed by atoms with Crippen molar-refractivity contribution < 1.29 is 9.18 Å². The molecule has 0 saturated heterocycles. The first-order valence-electron chi connectivity index (χ1n) is 9.27. The molecule has 0 unspecified atom stereocenters. The van der Waals surface area contributed by atoms with Gasteiger partial charge in [-0.05, 0) is 68.5 Å². The molecule has 4 nitrogen and oxygen atoms in total. The van der Waals surface area contributed by atoms with E-state index < -0.39 is 0 Å². The molecule has 4 rings (SSSR count). The van der Waals surface area contributed by atoms with E-state index >= 15 is 0 Å². The molecule has 0 radical (unpaired) electrons.